The number of rotatable bonds is 8. The minimum atomic E-state index is -4.40. The van der Waals surface area contributed by atoms with Crippen molar-refractivity contribution in [3.63, 3.8) is 0 Å². The van der Waals surface area contributed by atoms with Crippen molar-refractivity contribution in [2.24, 2.45) is 10.9 Å². The second-order valence-corrected chi connectivity index (χ2v) is 7.61. The second-order valence-electron chi connectivity index (χ2n) is 7.61. The monoisotopic (exact) mass is 415 g/mol. The van der Waals surface area contributed by atoms with E-state index in [1.165, 1.54) is 6.07 Å². The molecule has 1 fully saturated rings. The van der Waals surface area contributed by atoms with Gasteiger partial charge in [-0.15, -0.1) is 0 Å². The van der Waals surface area contributed by atoms with Crippen LogP contribution in [0.4, 0.5) is 13.2 Å². The number of pyridine rings is 1. The van der Waals surface area contributed by atoms with Crippen LogP contribution in [0, 0.1) is 5.92 Å². The maximum absolute atomic E-state index is 12.5. The van der Waals surface area contributed by atoms with Gasteiger partial charge < -0.3 is 20.3 Å². The number of aromatic nitrogens is 1. The fourth-order valence-corrected chi connectivity index (χ4v) is 3.23. The van der Waals surface area contributed by atoms with Gasteiger partial charge in [0.25, 0.3) is 0 Å². The van der Waals surface area contributed by atoms with Crippen molar-refractivity contribution in [3.05, 3.63) is 23.9 Å². The first-order valence-electron chi connectivity index (χ1n) is 10.2. The molecule has 1 saturated heterocycles. The highest BCUT2D eigenvalue weighted by Gasteiger charge is 2.30. The van der Waals surface area contributed by atoms with Crippen molar-refractivity contribution >= 4 is 5.96 Å². The SMILES string of the molecule is CCNC(=NCCOc1ccc(C(F)(F)F)cn1)NC1CCN(CC(C)C)CC1. The number of aliphatic imine (C=N–C) groups is 1. The van der Waals surface area contributed by atoms with Crippen LogP contribution in [0.15, 0.2) is 23.3 Å². The molecule has 2 rings (SSSR count). The van der Waals surface area contributed by atoms with E-state index in [9.17, 15) is 13.2 Å². The van der Waals surface area contributed by atoms with Crippen molar-refractivity contribution in [3.8, 4) is 5.88 Å². The molecule has 0 aromatic carbocycles. The summed E-state index contributed by atoms with van der Waals surface area (Å²) in [5, 5.41) is 6.69. The predicted molar refractivity (Wildman–Crippen MR) is 108 cm³/mol. The van der Waals surface area contributed by atoms with E-state index in [0.717, 1.165) is 57.2 Å². The zero-order valence-corrected chi connectivity index (χ0v) is 17.4. The molecule has 29 heavy (non-hydrogen) atoms. The van der Waals surface area contributed by atoms with Gasteiger partial charge in [-0.05, 0) is 31.7 Å². The summed E-state index contributed by atoms with van der Waals surface area (Å²) < 4.78 is 43.0. The van der Waals surface area contributed by atoms with E-state index >= 15 is 0 Å². The highest BCUT2D eigenvalue weighted by molar-refractivity contribution is 5.80. The molecule has 1 aromatic rings. The number of halogens is 3. The third-order valence-electron chi connectivity index (χ3n) is 4.57. The van der Waals surface area contributed by atoms with Gasteiger partial charge in [0, 0.05) is 44.5 Å². The molecule has 1 aliphatic heterocycles. The summed E-state index contributed by atoms with van der Waals surface area (Å²) in [5.41, 5.74) is -0.791. The molecule has 0 bridgehead atoms. The Bertz CT molecular complexity index is 626. The molecule has 2 N–H and O–H groups in total. The van der Waals surface area contributed by atoms with Gasteiger partial charge in [-0.3, -0.25) is 0 Å². The van der Waals surface area contributed by atoms with Crippen molar-refractivity contribution in [1.82, 2.24) is 20.5 Å². The standard InChI is InChI=1S/C20H32F3N5O/c1-4-24-19(27-17-7-10-28(11-8-17)14-15(2)3)25-9-12-29-18-6-5-16(13-26-18)20(21,22)23/h5-6,13,15,17H,4,7-12,14H2,1-3H3,(H2,24,25,27). The van der Waals surface area contributed by atoms with Gasteiger partial charge in [0.15, 0.2) is 5.96 Å². The molecule has 0 aliphatic carbocycles. The summed E-state index contributed by atoms with van der Waals surface area (Å²) in [4.78, 5) is 10.7. The lowest BCUT2D eigenvalue weighted by atomic mass is 10.0. The van der Waals surface area contributed by atoms with Crippen LogP contribution in [0.3, 0.4) is 0 Å². The Balaban J connectivity index is 1.76. The summed E-state index contributed by atoms with van der Waals surface area (Å²) in [6, 6.07) is 2.57. The Morgan fingerprint density at radius 2 is 2.03 bits per heavy atom. The third-order valence-corrected chi connectivity index (χ3v) is 4.57. The van der Waals surface area contributed by atoms with Gasteiger partial charge >= 0.3 is 6.18 Å². The molecule has 1 aliphatic rings. The van der Waals surface area contributed by atoms with Crippen molar-refractivity contribution in [1.29, 1.82) is 0 Å². The van der Waals surface area contributed by atoms with Crippen molar-refractivity contribution in [2.75, 3.05) is 39.3 Å². The first kappa shape index (κ1) is 23.3. The van der Waals surface area contributed by atoms with Gasteiger partial charge in [-0.1, -0.05) is 13.8 Å². The number of alkyl halides is 3. The molecule has 6 nitrogen and oxygen atoms in total. The zero-order valence-electron chi connectivity index (χ0n) is 17.4. The quantitative estimate of drug-likeness (QED) is 0.388. The largest absolute Gasteiger partial charge is 0.476 e. The molecule has 0 saturated carbocycles. The van der Waals surface area contributed by atoms with Crippen LogP contribution in [0.2, 0.25) is 0 Å². The van der Waals surface area contributed by atoms with Crippen molar-refractivity contribution in [2.45, 2.75) is 45.8 Å². The van der Waals surface area contributed by atoms with E-state index in [1.54, 1.807) is 0 Å². The number of likely N-dealkylation sites (tertiary alicyclic amines) is 1. The smallest absolute Gasteiger partial charge is 0.417 e. The molecule has 164 valence electrons. The van der Waals surface area contributed by atoms with E-state index in [-0.39, 0.29) is 12.5 Å². The molecule has 0 spiro atoms. The molecule has 0 unspecified atom stereocenters. The van der Waals surface area contributed by atoms with Crippen LogP contribution in [0.25, 0.3) is 0 Å². The fraction of sp³-hybridized carbons (Fsp3) is 0.700. The third kappa shape index (κ3) is 8.47. The highest BCUT2D eigenvalue weighted by Crippen LogP contribution is 2.29. The number of nitrogens with one attached hydrogen (secondary N) is 2. The topological polar surface area (TPSA) is 61.8 Å². The maximum atomic E-state index is 12.5. The van der Waals surface area contributed by atoms with E-state index in [0.29, 0.717) is 18.5 Å². The van der Waals surface area contributed by atoms with Crippen molar-refractivity contribution < 1.29 is 17.9 Å². The lowest BCUT2D eigenvalue weighted by Crippen LogP contribution is -2.49. The summed E-state index contributed by atoms with van der Waals surface area (Å²) in [5.74, 6) is 1.57. The lowest BCUT2D eigenvalue weighted by molar-refractivity contribution is -0.137. The van der Waals surface area contributed by atoms with Crippen LogP contribution in [0.5, 0.6) is 5.88 Å². The summed E-state index contributed by atoms with van der Waals surface area (Å²) in [6.07, 6.45) is -1.48. The first-order valence-corrected chi connectivity index (χ1v) is 10.2. The minimum absolute atomic E-state index is 0.156. The molecule has 1 aromatic heterocycles. The maximum Gasteiger partial charge on any atom is 0.417 e. The minimum Gasteiger partial charge on any atom is -0.476 e. The zero-order chi connectivity index (χ0) is 21.3. The Labute approximate surface area is 170 Å². The lowest BCUT2D eigenvalue weighted by Gasteiger charge is -2.34. The molecule has 9 heteroatoms. The number of hydrogen-bond acceptors (Lipinski definition) is 4. The van der Waals surface area contributed by atoms with Crippen LogP contribution >= 0.6 is 0 Å². The van der Waals surface area contributed by atoms with Gasteiger partial charge in [0.05, 0.1) is 12.1 Å². The van der Waals surface area contributed by atoms with Gasteiger partial charge in [0.1, 0.15) is 6.61 Å². The van der Waals surface area contributed by atoms with E-state index in [2.05, 4.69) is 39.4 Å². The molecule has 2 heterocycles. The predicted octanol–water partition coefficient (Wildman–Crippen LogP) is 3.15. The highest BCUT2D eigenvalue weighted by atomic mass is 19.4. The average Bonchev–Trinajstić information content (AvgIpc) is 2.66. The number of hydrogen-bond donors (Lipinski definition) is 2. The summed E-state index contributed by atoms with van der Waals surface area (Å²) in [7, 11) is 0. The molecule has 0 radical (unpaired) electrons. The first-order chi connectivity index (χ1) is 13.8. The second kappa shape index (κ2) is 11.2. The van der Waals surface area contributed by atoms with Gasteiger partial charge in [-0.25, -0.2) is 9.98 Å². The van der Waals surface area contributed by atoms with E-state index < -0.39 is 11.7 Å². The Kier molecular flexibility index (Phi) is 9.00. The van der Waals surface area contributed by atoms with Crippen LogP contribution in [-0.4, -0.2) is 61.2 Å². The number of guanidine groups is 1. The number of piperidine rings is 1. The van der Waals surface area contributed by atoms with E-state index in [4.69, 9.17) is 4.74 Å². The average molecular weight is 416 g/mol. The number of ether oxygens (including phenoxy) is 1. The normalized spacial score (nSPS) is 16.9. The van der Waals surface area contributed by atoms with Crippen LogP contribution in [-0.2, 0) is 6.18 Å². The van der Waals surface area contributed by atoms with E-state index in [1.807, 2.05) is 6.92 Å². The fourth-order valence-electron chi connectivity index (χ4n) is 3.23. The Morgan fingerprint density at radius 1 is 1.31 bits per heavy atom. The summed E-state index contributed by atoms with van der Waals surface area (Å²) in [6.45, 7) is 11.1. The summed E-state index contributed by atoms with van der Waals surface area (Å²) >= 11 is 0. The van der Waals surface area contributed by atoms with Gasteiger partial charge in [-0.2, -0.15) is 13.2 Å². The molecular formula is C20H32F3N5O. The molecule has 0 amide bonds. The van der Waals surface area contributed by atoms with Crippen LogP contribution < -0.4 is 15.4 Å². The Morgan fingerprint density at radius 3 is 2.59 bits per heavy atom. The van der Waals surface area contributed by atoms with Gasteiger partial charge in [0.2, 0.25) is 5.88 Å². The molecular weight excluding hydrogens is 383 g/mol. The Hall–Kier alpha value is -2.03. The number of nitrogens with zero attached hydrogens (tertiary/aromatic N) is 3. The molecule has 0 atom stereocenters. The van der Waals surface area contributed by atoms with Crippen LogP contribution in [0.1, 0.15) is 39.2 Å².